The quantitative estimate of drug-likeness (QED) is 0.0511. The van der Waals surface area contributed by atoms with Gasteiger partial charge in [-0.1, -0.05) is 119 Å². The van der Waals surface area contributed by atoms with Gasteiger partial charge in [0.2, 0.25) is 17.8 Å². The van der Waals surface area contributed by atoms with Gasteiger partial charge in [-0.2, -0.15) is 0 Å². The predicted octanol–water partition coefficient (Wildman–Crippen LogP) is 9.17. The third-order valence-corrected chi connectivity index (χ3v) is 13.2. The molecule has 2 amide bonds. The van der Waals surface area contributed by atoms with Gasteiger partial charge in [-0.25, -0.2) is 9.97 Å². The second kappa shape index (κ2) is 24.2. The SMILES string of the molecule is C=CC1=CCC(N2CCN(CCOCCCCCCCCc3ccc(C(C)(C)c4ccc(OCc5ccnc(NSC)n5)cc4)cc3)CC2)=CC=C1C(=C)N(C)C1CCC(=O)NC1=O. The summed E-state index contributed by atoms with van der Waals surface area (Å²) in [4.78, 5) is 39.8. The van der Waals surface area contributed by atoms with Gasteiger partial charge in [0, 0.05) is 94.1 Å². The number of allylic oxidation sites excluding steroid dienone is 5. The molecule has 64 heavy (non-hydrogen) atoms. The first-order valence-electron chi connectivity index (χ1n) is 23.0. The van der Waals surface area contributed by atoms with Crippen molar-refractivity contribution in [3.05, 3.63) is 143 Å². The Balaban J connectivity index is 0.802. The van der Waals surface area contributed by atoms with Crippen LogP contribution in [0.4, 0.5) is 5.95 Å². The van der Waals surface area contributed by atoms with Crippen molar-refractivity contribution in [2.24, 2.45) is 0 Å². The summed E-state index contributed by atoms with van der Waals surface area (Å²) in [7, 11) is 1.87. The largest absolute Gasteiger partial charge is 0.487 e. The number of nitrogens with zero attached hydrogens (tertiary/aromatic N) is 5. The Morgan fingerprint density at radius 2 is 1.66 bits per heavy atom. The molecule has 12 heteroatoms. The molecule has 3 aromatic rings. The van der Waals surface area contributed by atoms with Gasteiger partial charge in [-0.05, 0) is 72.2 Å². The number of hydrogen-bond donors (Lipinski definition) is 2. The van der Waals surface area contributed by atoms with Gasteiger partial charge in [0.25, 0.3) is 0 Å². The minimum atomic E-state index is -0.419. The van der Waals surface area contributed by atoms with Crippen molar-refractivity contribution in [1.82, 2.24) is 30.0 Å². The molecule has 1 unspecified atom stereocenters. The number of ether oxygens (including phenoxy) is 2. The lowest BCUT2D eigenvalue weighted by Gasteiger charge is -2.37. The van der Waals surface area contributed by atoms with Crippen LogP contribution < -0.4 is 14.8 Å². The van der Waals surface area contributed by atoms with E-state index in [1.54, 1.807) is 6.20 Å². The number of aromatic nitrogens is 2. The first-order chi connectivity index (χ1) is 31.0. The molecule has 6 rings (SSSR count). The Kier molecular flexibility index (Phi) is 18.3. The maximum atomic E-state index is 12.5. The first kappa shape index (κ1) is 48.3. The number of anilines is 1. The van der Waals surface area contributed by atoms with Gasteiger partial charge >= 0.3 is 0 Å². The van der Waals surface area contributed by atoms with Gasteiger partial charge in [0.15, 0.2) is 0 Å². The summed E-state index contributed by atoms with van der Waals surface area (Å²) in [6, 6.07) is 19.1. The van der Waals surface area contributed by atoms with Crippen LogP contribution in [0.3, 0.4) is 0 Å². The van der Waals surface area contributed by atoms with E-state index in [1.807, 2.05) is 42.5 Å². The zero-order chi connectivity index (χ0) is 45.3. The summed E-state index contributed by atoms with van der Waals surface area (Å²) in [5.74, 6) is 0.927. The molecule has 0 radical (unpaired) electrons. The zero-order valence-electron chi connectivity index (χ0n) is 38.6. The number of piperidine rings is 1. The molecule has 342 valence electrons. The molecule has 3 heterocycles. The number of nitrogens with one attached hydrogen (secondary N) is 2. The highest BCUT2D eigenvalue weighted by Gasteiger charge is 2.32. The molecule has 0 spiro atoms. The molecule has 2 N–H and O–H groups in total. The van der Waals surface area contributed by atoms with Gasteiger partial charge in [0.1, 0.15) is 18.4 Å². The number of rotatable bonds is 24. The van der Waals surface area contributed by atoms with Crippen LogP contribution in [-0.2, 0) is 32.8 Å². The molecule has 2 saturated heterocycles. The van der Waals surface area contributed by atoms with Crippen LogP contribution in [0.5, 0.6) is 5.75 Å². The Morgan fingerprint density at radius 3 is 2.36 bits per heavy atom. The summed E-state index contributed by atoms with van der Waals surface area (Å²) in [6.45, 7) is 19.9. The molecule has 11 nitrogen and oxygen atoms in total. The molecular formula is C52H69N7O4S. The van der Waals surface area contributed by atoms with Gasteiger partial charge in [-0.3, -0.25) is 24.5 Å². The number of aryl methyl sites for hydroxylation is 1. The summed E-state index contributed by atoms with van der Waals surface area (Å²) in [6.07, 6.45) is 22.2. The number of carbonyl (C=O) groups excluding carboxylic acids is 2. The van der Waals surface area contributed by atoms with Crippen LogP contribution in [0, 0.1) is 0 Å². The number of hydrogen-bond acceptors (Lipinski definition) is 11. The lowest BCUT2D eigenvalue weighted by Crippen LogP contribution is -2.50. The van der Waals surface area contributed by atoms with Gasteiger partial charge in [0.05, 0.1) is 12.3 Å². The highest BCUT2D eigenvalue weighted by Crippen LogP contribution is 2.33. The Morgan fingerprint density at radius 1 is 0.953 bits per heavy atom. The normalized spacial score (nSPS) is 17.2. The van der Waals surface area contributed by atoms with Gasteiger partial charge < -0.3 is 19.3 Å². The second-order valence-electron chi connectivity index (χ2n) is 17.5. The van der Waals surface area contributed by atoms with E-state index in [4.69, 9.17) is 9.47 Å². The molecular weight excluding hydrogens is 819 g/mol. The van der Waals surface area contributed by atoms with E-state index >= 15 is 0 Å². The van der Waals surface area contributed by atoms with Crippen molar-refractivity contribution in [3.8, 4) is 5.75 Å². The fraction of sp³-hybridized carbons (Fsp3) is 0.462. The molecule has 2 fully saturated rings. The number of carbonyl (C=O) groups is 2. The summed E-state index contributed by atoms with van der Waals surface area (Å²) < 4.78 is 15.1. The highest BCUT2D eigenvalue weighted by atomic mass is 32.2. The van der Waals surface area contributed by atoms with E-state index in [9.17, 15) is 9.59 Å². The summed E-state index contributed by atoms with van der Waals surface area (Å²) >= 11 is 1.46. The van der Waals surface area contributed by atoms with Crippen molar-refractivity contribution in [3.63, 3.8) is 0 Å². The number of piperazine rings is 1. The fourth-order valence-corrected chi connectivity index (χ4v) is 8.86. The predicted molar refractivity (Wildman–Crippen MR) is 261 cm³/mol. The van der Waals surface area contributed by atoms with E-state index in [-0.39, 0.29) is 17.2 Å². The van der Waals surface area contributed by atoms with Crippen molar-refractivity contribution in [1.29, 1.82) is 0 Å². The molecule has 2 aliphatic heterocycles. The van der Waals surface area contributed by atoms with E-state index in [0.717, 1.165) is 93.5 Å². The first-order valence-corrected chi connectivity index (χ1v) is 24.3. The van der Waals surface area contributed by atoms with Crippen molar-refractivity contribution in [2.45, 2.75) is 96.1 Å². The average Bonchev–Trinajstić information content (AvgIpc) is 3.53. The van der Waals surface area contributed by atoms with Crippen LogP contribution in [-0.4, -0.2) is 102 Å². The maximum Gasteiger partial charge on any atom is 0.249 e. The van der Waals surface area contributed by atoms with E-state index < -0.39 is 6.04 Å². The Hall–Kier alpha value is -5.17. The standard InChI is InChI=1S/C52H69N7O4S/c1-7-41-17-22-45(23-26-47(41)39(2)57(5)48-27-28-49(60)55-50(48)61)59-33-31-58(32-34-59)35-37-62-36-13-11-9-8-10-12-14-40-15-18-42(19-16-40)52(3,4)43-20-24-46(25-21-43)63-38-44-29-30-53-51(54-44)56-64-6/h7,15-21,23-26,29-30,48H,1-2,8-14,22,27-28,31-38H2,3-6H3,(H,53,54,56)(H,55,60,61). The number of imide groups is 1. The molecule has 1 atom stereocenters. The van der Waals surface area contributed by atoms with Crippen LogP contribution >= 0.6 is 11.9 Å². The van der Waals surface area contributed by atoms with E-state index in [1.165, 1.54) is 66.4 Å². The Labute approximate surface area is 386 Å². The molecule has 0 bridgehead atoms. The second-order valence-corrected chi connectivity index (χ2v) is 18.1. The van der Waals surface area contributed by atoms with Crippen LogP contribution in [0.2, 0.25) is 0 Å². The molecule has 3 aliphatic rings. The van der Waals surface area contributed by atoms with Gasteiger partial charge in [-0.15, -0.1) is 0 Å². The molecule has 0 saturated carbocycles. The minimum Gasteiger partial charge on any atom is -0.487 e. The lowest BCUT2D eigenvalue weighted by molar-refractivity contribution is -0.136. The van der Waals surface area contributed by atoms with Crippen molar-refractivity contribution >= 4 is 29.7 Å². The number of amides is 2. The third kappa shape index (κ3) is 13.7. The minimum absolute atomic E-state index is 0.118. The monoisotopic (exact) mass is 888 g/mol. The topological polar surface area (TPSA) is 112 Å². The van der Waals surface area contributed by atoms with E-state index in [2.05, 4.69) is 111 Å². The fourth-order valence-electron chi connectivity index (χ4n) is 8.58. The molecule has 1 aliphatic carbocycles. The third-order valence-electron chi connectivity index (χ3n) is 12.8. The highest BCUT2D eigenvalue weighted by molar-refractivity contribution is 7.99. The molecule has 2 aromatic carbocycles. The molecule has 1 aromatic heterocycles. The van der Waals surface area contributed by atoms with Crippen molar-refractivity contribution in [2.75, 3.05) is 64.0 Å². The van der Waals surface area contributed by atoms with Crippen LogP contribution in [0.15, 0.2) is 121 Å². The van der Waals surface area contributed by atoms with Crippen LogP contribution in [0.25, 0.3) is 0 Å². The smallest absolute Gasteiger partial charge is 0.249 e. The summed E-state index contributed by atoms with van der Waals surface area (Å²) in [5.41, 5.74) is 8.66. The Bertz CT molecular complexity index is 2120. The maximum absolute atomic E-state index is 12.5. The number of likely N-dealkylation sites (N-methyl/N-ethyl adjacent to an activating group) is 1. The summed E-state index contributed by atoms with van der Waals surface area (Å²) in [5, 5.41) is 2.46. The van der Waals surface area contributed by atoms with E-state index in [0.29, 0.717) is 25.4 Å². The van der Waals surface area contributed by atoms with Crippen LogP contribution in [0.1, 0.15) is 94.0 Å². The number of unbranched alkanes of at least 4 members (excludes halogenated alkanes) is 5. The lowest BCUT2D eigenvalue weighted by atomic mass is 9.78. The van der Waals surface area contributed by atoms with Crippen molar-refractivity contribution < 1.29 is 19.1 Å². The zero-order valence-corrected chi connectivity index (χ0v) is 39.4. The average molecular weight is 888 g/mol. The number of benzene rings is 2.